The fourth-order valence-corrected chi connectivity index (χ4v) is 3.37. The Kier molecular flexibility index (Phi) is 5.76. The molecule has 0 unspecified atom stereocenters. The molecule has 24 heavy (non-hydrogen) atoms. The number of anilines is 1. The molecular formula is C20H22ClNO2. The molecule has 0 atom stereocenters. The highest BCUT2D eigenvalue weighted by Gasteiger charge is 2.15. The molecule has 1 aliphatic carbocycles. The summed E-state index contributed by atoms with van der Waals surface area (Å²) in [7, 11) is 0. The Bertz CT molecular complexity index is 678. The van der Waals surface area contributed by atoms with Gasteiger partial charge in [0.1, 0.15) is 5.75 Å². The Morgan fingerprint density at radius 3 is 2.54 bits per heavy atom. The van der Waals surface area contributed by atoms with E-state index >= 15 is 0 Å². The van der Waals surface area contributed by atoms with Crippen molar-refractivity contribution in [1.29, 1.82) is 0 Å². The molecule has 1 N–H and O–H groups in total. The molecule has 0 radical (unpaired) electrons. The summed E-state index contributed by atoms with van der Waals surface area (Å²) in [5.74, 6) is 1.20. The van der Waals surface area contributed by atoms with Crippen LogP contribution in [0.5, 0.6) is 5.75 Å². The summed E-state index contributed by atoms with van der Waals surface area (Å²) in [6, 6.07) is 15.2. The van der Waals surface area contributed by atoms with Crippen LogP contribution in [0, 0.1) is 0 Å². The maximum absolute atomic E-state index is 11.9. The van der Waals surface area contributed by atoms with Crippen molar-refractivity contribution in [2.24, 2.45) is 0 Å². The molecule has 4 heteroatoms. The zero-order chi connectivity index (χ0) is 16.8. The number of hydrogen-bond donors (Lipinski definition) is 1. The zero-order valence-corrected chi connectivity index (χ0v) is 14.4. The lowest BCUT2D eigenvalue weighted by molar-refractivity contribution is -0.118. The number of nitrogens with one attached hydrogen (secondary N) is 1. The second-order valence-corrected chi connectivity index (χ2v) is 6.69. The third-order valence-corrected chi connectivity index (χ3v) is 4.67. The third-order valence-electron chi connectivity index (χ3n) is 4.43. The highest BCUT2D eigenvalue weighted by atomic mass is 35.5. The molecule has 126 valence electrons. The summed E-state index contributed by atoms with van der Waals surface area (Å²) < 4.78 is 5.57. The first-order chi connectivity index (χ1) is 11.7. The Balaban J connectivity index is 1.50. The van der Waals surface area contributed by atoms with E-state index in [0.29, 0.717) is 16.6 Å². The van der Waals surface area contributed by atoms with Gasteiger partial charge in [-0.15, -0.1) is 0 Å². The van der Waals surface area contributed by atoms with Crippen molar-refractivity contribution in [3.63, 3.8) is 0 Å². The van der Waals surface area contributed by atoms with Crippen molar-refractivity contribution < 1.29 is 9.53 Å². The number of carbonyl (C=O) groups is 1. The van der Waals surface area contributed by atoms with E-state index in [0.717, 1.165) is 5.75 Å². The lowest BCUT2D eigenvalue weighted by atomic mass is 9.84. The van der Waals surface area contributed by atoms with Gasteiger partial charge in [0, 0.05) is 10.7 Å². The normalized spacial score (nSPS) is 15.0. The number of hydrogen-bond acceptors (Lipinski definition) is 2. The number of carbonyl (C=O) groups excluding carboxylic acids is 1. The largest absolute Gasteiger partial charge is 0.484 e. The van der Waals surface area contributed by atoms with Gasteiger partial charge < -0.3 is 10.1 Å². The predicted octanol–water partition coefficient (Wildman–Crippen LogP) is 5.41. The second-order valence-electron chi connectivity index (χ2n) is 6.25. The van der Waals surface area contributed by atoms with Gasteiger partial charge in [0.05, 0.1) is 0 Å². The Labute approximate surface area is 148 Å². The number of rotatable bonds is 5. The molecule has 0 heterocycles. The number of halogens is 1. The fourth-order valence-electron chi connectivity index (χ4n) is 3.18. The first-order valence-corrected chi connectivity index (χ1v) is 8.87. The van der Waals surface area contributed by atoms with Crippen LogP contribution in [0.3, 0.4) is 0 Å². The lowest BCUT2D eigenvalue weighted by Gasteiger charge is -2.22. The van der Waals surface area contributed by atoms with Crippen molar-refractivity contribution in [2.75, 3.05) is 11.9 Å². The van der Waals surface area contributed by atoms with Gasteiger partial charge in [-0.2, -0.15) is 0 Å². The number of benzene rings is 2. The van der Waals surface area contributed by atoms with Crippen LogP contribution in [0.4, 0.5) is 5.69 Å². The van der Waals surface area contributed by atoms with Crippen molar-refractivity contribution in [3.8, 4) is 5.75 Å². The molecule has 1 amide bonds. The molecule has 0 spiro atoms. The first-order valence-electron chi connectivity index (χ1n) is 8.49. The molecule has 2 aromatic rings. The standard InChI is InChI=1S/C20H22ClNO2/c21-17-7-4-8-18(13-17)22-20(23)14-24-19-11-9-16(10-12-19)15-5-2-1-3-6-15/h4,7-13,15H,1-3,5-6,14H2,(H,22,23). The van der Waals surface area contributed by atoms with E-state index in [9.17, 15) is 4.79 Å². The Morgan fingerprint density at radius 1 is 1.08 bits per heavy atom. The summed E-state index contributed by atoms with van der Waals surface area (Å²) in [5.41, 5.74) is 2.05. The third kappa shape index (κ3) is 4.75. The highest BCUT2D eigenvalue weighted by Crippen LogP contribution is 2.33. The molecular weight excluding hydrogens is 322 g/mol. The molecule has 0 bridgehead atoms. The number of amides is 1. The summed E-state index contributed by atoms with van der Waals surface area (Å²) in [5, 5.41) is 3.36. The van der Waals surface area contributed by atoms with Crippen molar-refractivity contribution in [2.45, 2.75) is 38.0 Å². The average molecular weight is 344 g/mol. The van der Waals surface area contributed by atoms with E-state index in [4.69, 9.17) is 16.3 Å². The van der Waals surface area contributed by atoms with E-state index in [1.165, 1.54) is 37.7 Å². The minimum Gasteiger partial charge on any atom is -0.484 e. The predicted molar refractivity (Wildman–Crippen MR) is 97.8 cm³/mol. The Morgan fingerprint density at radius 2 is 1.83 bits per heavy atom. The van der Waals surface area contributed by atoms with Crippen LogP contribution in [0.25, 0.3) is 0 Å². The zero-order valence-electron chi connectivity index (χ0n) is 13.6. The maximum atomic E-state index is 11.9. The summed E-state index contributed by atoms with van der Waals surface area (Å²) >= 11 is 5.90. The quantitative estimate of drug-likeness (QED) is 0.788. The first kappa shape index (κ1) is 16.8. The van der Waals surface area contributed by atoms with Crippen LogP contribution in [0.2, 0.25) is 5.02 Å². The van der Waals surface area contributed by atoms with Gasteiger partial charge >= 0.3 is 0 Å². The lowest BCUT2D eigenvalue weighted by Crippen LogP contribution is -2.20. The SMILES string of the molecule is O=C(COc1ccc(C2CCCCC2)cc1)Nc1cccc(Cl)c1. The second kappa shape index (κ2) is 8.20. The van der Waals surface area contributed by atoms with Crippen LogP contribution >= 0.6 is 11.6 Å². The van der Waals surface area contributed by atoms with Gasteiger partial charge in [0.25, 0.3) is 5.91 Å². The Hall–Kier alpha value is -2.00. The molecule has 0 saturated heterocycles. The van der Waals surface area contributed by atoms with Crippen LogP contribution < -0.4 is 10.1 Å². The summed E-state index contributed by atoms with van der Waals surface area (Å²) in [6.45, 7) is -0.0186. The van der Waals surface area contributed by atoms with Gasteiger partial charge in [-0.05, 0) is 54.7 Å². The maximum Gasteiger partial charge on any atom is 0.262 e. The van der Waals surface area contributed by atoms with Gasteiger partial charge in [0.15, 0.2) is 6.61 Å². The van der Waals surface area contributed by atoms with Crippen molar-refractivity contribution in [3.05, 3.63) is 59.1 Å². The fraction of sp³-hybridized carbons (Fsp3) is 0.350. The van der Waals surface area contributed by atoms with Crippen LogP contribution in [0.15, 0.2) is 48.5 Å². The molecule has 1 saturated carbocycles. The van der Waals surface area contributed by atoms with E-state index in [1.54, 1.807) is 24.3 Å². The van der Waals surface area contributed by atoms with Gasteiger partial charge in [-0.3, -0.25) is 4.79 Å². The van der Waals surface area contributed by atoms with Gasteiger partial charge in [-0.1, -0.05) is 49.1 Å². The van der Waals surface area contributed by atoms with Gasteiger partial charge in [-0.25, -0.2) is 0 Å². The molecule has 0 aromatic heterocycles. The van der Waals surface area contributed by atoms with E-state index < -0.39 is 0 Å². The van der Waals surface area contributed by atoms with Gasteiger partial charge in [0.2, 0.25) is 0 Å². The monoisotopic (exact) mass is 343 g/mol. The highest BCUT2D eigenvalue weighted by molar-refractivity contribution is 6.30. The smallest absolute Gasteiger partial charge is 0.262 e. The van der Waals surface area contributed by atoms with E-state index in [-0.39, 0.29) is 12.5 Å². The molecule has 1 aliphatic rings. The molecule has 3 rings (SSSR count). The van der Waals surface area contributed by atoms with Crippen LogP contribution in [-0.4, -0.2) is 12.5 Å². The molecule has 1 fully saturated rings. The topological polar surface area (TPSA) is 38.3 Å². The minimum absolute atomic E-state index is 0.0186. The average Bonchev–Trinajstić information content (AvgIpc) is 2.61. The van der Waals surface area contributed by atoms with E-state index in [1.807, 2.05) is 12.1 Å². The molecule has 2 aromatic carbocycles. The summed E-state index contributed by atoms with van der Waals surface area (Å²) in [4.78, 5) is 11.9. The molecule has 0 aliphatic heterocycles. The minimum atomic E-state index is -0.200. The van der Waals surface area contributed by atoms with Crippen molar-refractivity contribution >= 4 is 23.2 Å². The van der Waals surface area contributed by atoms with Crippen molar-refractivity contribution in [1.82, 2.24) is 0 Å². The van der Waals surface area contributed by atoms with Crippen LogP contribution in [-0.2, 0) is 4.79 Å². The number of ether oxygens (including phenoxy) is 1. The van der Waals surface area contributed by atoms with Crippen LogP contribution in [0.1, 0.15) is 43.6 Å². The molecule has 3 nitrogen and oxygen atoms in total. The summed E-state index contributed by atoms with van der Waals surface area (Å²) in [6.07, 6.45) is 6.57. The van der Waals surface area contributed by atoms with E-state index in [2.05, 4.69) is 17.4 Å².